The van der Waals surface area contributed by atoms with Crippen LogP contribution in [0.5, 0.6) is 0 Å². The number of fused-ring (bicyclic) bond motifs is 1. The zero-order chi connectivity index (χ0) is 18.8. The van der Waals surface area contributed by atoms with Gasteiger partial charge in [-0.15, -0.1) is 0 Å². The molecule has 0 bridgehead atoms. The molecule has 0 amide bonds. The SMILES string of the molecule is Cc1noc(C)c1CN1CCN(Cn2nc3c(cc2=O)CCCCC3)CC1. The predicted octanol–water partition coefficient (Wildman–Crippen LogP) is 1.89. The van der Waals surface area contributed by atoms with E-state index in [1.807, 2.05) is 19.9 Å². The van der Waals surface area contributed by atoms with Gasteiger partial charge in [0.15, 0.2) is 0 Å². The first-order chi connectivity index (χ1) is 13.1. The molecule has 146 valence electrons. The molecule has 0 atom stereocenters. The highest BCUT2D eigenvalue weighted by molar-refractivity contribution is 5.21. The fraction of sp³-hybridized carbons (Fsp3) is 0.650. The molecule has 1 aliphatic heterocycles. The number of hydrogen-bond donors (Lipinski definition) is 0. The van der Waals surface area contributed by atoms with Gasteiger partial charge in [-0.1, -0.05) is 11.6 Å². The number of aromatic nitrogens is 3. The van der Waals surface area contributed by atoms with Crippen LogP contribution in [-0.2, 0) is 26.1 Å². The van der Waals surface area contributed by atoms with Crippen LogP contribution in [0, 0.1) is 13.8 Å². The van der Waals surface area contributed by atoms with Crippen LogP contribution in [0.4, 0.5) is 0 Å². The summed E-state index contributed by atoms with van der Waals surface area (Å²) in [7, 11) is 0. The van der Waals surface area contributed by atoms with Gasteiger partial charge in [0, 0.05) is 44.4 Å². The van der Waals surface area contributed by atoms with Gasteiger partial charge in [0.05, 0.1) is 18.1 Å². The maximum atomic E-state index is 12.5. The van der Waals surface area contributed by atoms with Crippen molar-refractivity contribution >= 4 is 0 Å². The molecule has 4 rings (SSSR count). The van der Waals surface area contributed by atoms with Crippen molar-refractivity contribution in [1.29, 1.82) is 0 Å². The Balaban J connectivity index is 1.37. The second kappa shape index (κ2) is 7.94. The van der Waals surface area contributed by atoms with E-state index in [1.165, 1.54) is 24.8 Å². The van der Waals surface area contributed by atoms with Gasteiger partial charge >= 0.3 is 0 Å². The number of piperazine rings is 1. The van der Waals surface area contributed by atoms with Crippen molar-refractivity contribution in [2.75, 3.05) is 26.2 Å². The summed E-state index contributed by atoms with van der Waals surface area (Å²) in [5, 5.41) is 8.74. The normalized spacial score (nSPS) is 19.0. The lowest BCUT2D eigenvalue weighted by Crippen LogP contribution is -2.47. The van der Waals surface area contributed by atoms with E-state index in [0.717, 1.165) is 68.3 Å². The maximum Gasteiger partial charge on any atom is 0.268 e. The van der Waals surface area contributed by atoms with Crippen LogP contribution in [0.3, 0.4) is 0 Å². The number of nitrogens with zero attached hydrogens (tertiary/aromatic N) is 5. The highest BCUT2D eigenvalue weighted by Crippen LogP contribution is 2.18. The number of rotatable bonds is 4. The minimum Gasteiger partial charge on any atom is -0.361 e. The van der Waals surface area contributed by atoms with E-state index < -0.39 is 0 Å². The molecule has 7 heteroatoms. The van der Waals surface area contributed by atoms with E-state index in [4.69, 9.17) is 9.62 Å². The van der Waals surface area contributed by atoms with Crippen molar-refractivity contribution in [3.05, 3.63) is 44.7 Å². The Kier molecular flexibility index (Phi) is 5.41. The summed E-state index contributed by atoms with van der Waals surface area (Å²) < 4.78 is 6.93. The lowest BCUT2D eigenvalue weighted by molar-refractivity contribution is 0.0963. The molecule has 0 unspecified atom stereocenters. The highest BCUT2D eigenvalue weighted by Gasteiger charge is 2.21. The molecule has 1 saturated heterocycles. The molecule has 7 nitrogen and oxygen atoms in total. The van der Waals surface area contributed by atoms with Gasteiger partial charge in [-0.05, 0) is 45.1 Å². The molecule has 3 heterocycles. The van der Waals surface area contributed by atoms with Gasteiger partial charge in [-0.3, -0.25) is 14.6 Å². The van der Waals surface area contributed by atoms with Gasteiger partial charge in [0.1, 0.15) is 5.76 Å². The second-order valence-electron chi connectivity index (χ2n) is 7.85. The van der Waals surface area contributed by atoms with Crippen molar-refractivity contribution < 1.29 is 4.52 Å². The molecule has 2 aromatic rings. The summed E-state index contributed by atoms with van der Waals surface area (Å²) >= 11 is 0. The molecular weight excluding hydrogens is 342 g/mol. The Morgan fingerprint density at radius 2 is 1.78 bits per heavy atom. The van der Waals surface area contributed by atoms with Crippen LogP contribution in [0.25, 0.3) is 0 Å². The molecule has 1 fully saturated rings. The first-order valence-corrected chi connectivity index (χ1v) is 10.1. The van der Waals surface area contributed by atoms with E-state index in [1.54, 1.807) is 4.68 Å². The fourth-order valence-corrected chi connectivity index (χ4v) is 4.11. The summed E-state index contributed by atoms with van der Waals surface area (Å²) in [6, 6.07) is 1.82. The fourth-order valence-electron chi connectivity index (χ4n) is 4.11. The van der Waals surface area contributed by atoms with E-state index >= 15 is 0 Å². The van der Waals surface area contributed by atoms with E-state index in [0.29, 0.717) is 6.67 Å². The Morgan fingerprint density at radius 3 is 2.52 bits per heavy atom. The lowest BCUT2D eigenvalue weighted by Gasteiger charge is -2.34. The third-order valence-electron chi connectivity index (χ3n) is 5.89. The summed E-state index contributed by atoms with van der Waals surface area (Å²) in [6.07, 6.45) is 5.58. The molecule has 0 aromatic carbocycles. The Labute approximate surface area is 159 Å². The Bertz CT molecular complexity index is 829. The van der Waals surface area contributed by atoms with Gasteiger partial charge in [0.2, 0.25) is 0 Å². The Hall–Kier alpha value is -1.99. The van der Waals surface area contributed by atoms with E-state index in [-0.39, 0.29) is 5.56 Å². The third kappa shape index (κ3) is 4.14. The maximum absolute atomic E-state index is 12.5. The van der Waals surface area contributed by atoms with E-state index in [2.05, 4.69) is 15.0 Å². The first-order valence-electron chi connectivity index (χ1n) is 10.1. The minimum absolute atomic E-state index is 0.0359. The van der Waals surface area contributed by atoms with Crippen molar-refractivity contribution in [3.8, 4) is 0 Å². The average Bonchev–Trinajstić information content (AvgIpc) is 2.85. The van der Waals surface area contributed by atoms with Crippen LogP contribution in [-0.4, -0.2) is 50.9 Å². The Morgan fingerprint density at radius 1 is 1.04 bits per heavy atom. The number of aryl methyl sites for hydroxylation is 4. The van der Waals surface area contributed by atoms with Crippen molar-refractivity contribution in [3.63, 3.8) is 0 Å². The summed E-state index contributed by atoms with van der Waals surface area (Å²) in [6.45, 7) is 9.27. The lowest BCUT2D eigenvalue weighted by atomic mass is 10.1. The third-order valence-corrected chi connectivity index (χ3v) is 5.89. The summed E-state index contributed by atoms with van der Waals surface area (Å²) in [5.41, 5.74) is 4.51. The van der Waals surface area contributed by atoms with Gasteiger partial charge in [0.25, 0.3) is 5.56 Å². The summed E-state index contributed by atoms with van der Waals surface area (Å²) in [4.78, 5) is 17.2. The second-order valence-corrected chi connectivity index (χ2v) is 7.85. The predicted molar refractivity (Wildman–Crippen MR) is 103 cm³/mol. The zero-order valence-corrected chi connectivity index (χ0v) is 16.4. The van der Waals surface area contributed by atoms with E-state index in [9.17, 15) is 4.79 Å². The van der Waals surface area contributed by atoms with Crippen molar-refractivity contribution in [2.24, 2.45) is 0 Å². The largest absolute Gasteiger partial charge is 0.361 e. The molecule has 0 N–H and O–H groups in total. The molecule has 2 aromatic heterocycles. The van der Waals surface area contributed by atoms with Gasteiger partial charge < -0.3 is 4.52 Å². The number of hydrogen-bond acceptors (Lipinski definition) is 6. The van der Waals surface area contributed by atoms with Crippen LogP contribution in [0.15, 0.2) is 15.4 Å². The quantitative estimate of drug-likeness (QED) is 0.765. The minimum atomic E-state index is 0.0359. The standard InChI is InChI=1S/C20H29N5O2/c1-15-18(16(2)27-22-15)13-23-8-10-24(11-9-23)14-25-20(26)12-17-6-4-3-5-7-19(17)21-25/h12H,3-11,13-14H2,1-2H3. The monoisotopic (exact) mass is 371 g/mol. The molecule has 0 saturated carbocycles. The topological polar surface area (TPSA) is 67.4 Å². The van der Waals surface area contributed by atoms with Crippen LogP contribution in [0.1, 0.15) is 47.5 Å². The van der Waals surface area contributed by atoms with Crippen LogP contribution < -0.4 is 5.56 Å². The first kappa shape index (κ1) is 18.4. The molecule has 0 spiro atoms. The van der Waals surface area contributed by atoms with Crippen molar-refractivity contribution in [2.45, 2.75) is 59.2 Å². The van der Waals surface area contributed by atoms with Crippen molar-refractivity contribution in [1.82, 2.24) is 24.7 Å². The average molecular weight is 371 g/mol. The zero-order valence-electron chi connectivity index (χ0n) is 16.4. The van der Waals surface area contributed by atoms with Gasteiger partial charge in [-0.2, -0.15) is 5.10 Å². The van der Waals surface area contributed by atoms with Crippen LogP contribution in [0.2, 0.25) is 0 Å². The van der Waals surface area contributed by atoms with Gasteiger partial charge in [-0.25, -0.2) is 4.68 Å². The molecule has 27 heavy (non-hydrogen) atoms. The molecule has 2 aliphatic rings. The molecule has 0 radical (unpaired) electrons. The molecule has 1 aliphatic carbocycles. The summed E-state index contributed by atoms with van der Waals surface area (Å²) in [5.74, 6) is 0.913. The highest BCUT2D eigenvalue weighted by atomic mass is 16.5. The van der Waals surface area contributed by atoms with Crippen LogP contribution >= 0.6 is 0 Å². The smallest absolute Gasteiger partial charge is 0.268 e. The molecular formula is C20H29N5O2.